The molecule has 1 N–H and O–H groups in total. The zero-order valence-corrected chi connectivity index (χ0v) is 18.3. The van der Waals surface area contributed by atoms with Gasteiger partial charge < -0.3 is 10.2 Å². The van der Waals surface area contributed by atoms with Crippen LogP contribution in [0.3, 0.4) is 0 Å². The molecule has 0 radical (unpaired) electrons. The Hall–Kier alpha value is -2.15. The lowest BCUT2D eigenvalue weighted by molar-refractivity contribution is 0.0705. The van der Waals surface area contributed by atoms with Gasteiger partial charge in [0.05, 0.1) is 22.8 Å². The minimum Gasteiger partial charge on any atom is -0.339 e. The van der Waals surface area contributed by atoms with Gasteiger partial charge in [-0.05, 0) is 38.9 Å². The number of rotatable bonds is 4. The molecule has 1 saturated heterocycles. The van der Waals surface area contributed by atoms with Crippen LogP contribution in [0.2, 0.25) is 0 Å². The molecule has 29 heavy (non-hydrogen) atoms. The minimum absolute atomic E-state index is 0. The second kappa shape index (κ2) is 10.1. The Labute approximate surface area is 183 Å². The summed E-state index contributed by atoms with van der Waals surface area (Å²) in [5, 5.41) is 8.62. The number of aromatic nitrogens is 3. The molecule has 8 heteroatoms. The van der Waals surface area contributed by atoms with Gasteiger partial charge in [-0.2, -0.15) is 5.10 Å². The minimum atomic E-state index is 0. The van der Waals surface area contributed by atoms with Crippen LogP contribution in [0.1, 0.15) is 30.1 Å². The Morgan fingerprint density at radius 2 is 1.90 bits per heavy atom. The van der Waals surface area contributed by atoms with E-state index in [1.165, 1.54) is 0 Å². The topological polar surface area (TPSA) is 63.1 Å². The number of benzene rings is 1. The molecule has 1 fully saturated rings. The van der Waals surface area contributed by atoms with Gasteiger partial charge in [0.2, 0.25) is 0 Å². The van der Waals surface area contributed by atoms with Crippen LogP contribution in [-0.2, 0) is 6.54 Å². The number of nitrogens with one attached hydrogen (secondary N) is 1. The molecule has 0 atom stereocenters. The third-order valence-electron chi connectivity index (χ3n) is 5.39. The van der Waals surface area contributed by atoms with Gasteiger partial charge in [-0.15, -0.1) is 24.8 Å². The van der Waals surface area contributed by atoms with Crippen LogP contribution in [0.4, 0.5) is 0 Å². The van der Waals surface area contributed by atoms with Crippen LogP contribution < -0.4 is 5.32 Å². The zero-order valence-electron chi connectivity index (χ0n) is 16.7. The molecule has 4 rings (SSSR count). The summed E-state index contributed by atoms with van der Waals surface area (Å²) in [4.78, 5) is 20.1. The van der Waals surface area contributed by atoms with Crippen LogP contribution in [0.25, 0.3) is 22.3 Å². The molecular weight excluding hydrogens is 409 g/mol. The van der Waals surface area contributed by atoms with Gasteiger partial charge in [-0.3, -0.25) is 4.79 Å². The third kappa shape index (κ3) is 4.55. The van der Waals surface area contributed by atoms with E-state index in [9.17, 15) is 4.79 Å². The largest absolute Gasteiger partial charge is 0.339 e. The molecule has 1 amide bonds. The van der Waals surface area contributed by atoms with Crippen molar-refractivity contribution in [1.29, 1.82) is 0 Å². The molecule has 1 aliphatic rings. The number of hydrogen-bond acceptors (Lipinski definition) is 4. The Morgan fingerprint density at radius 1 is 1.21 bits per heavy atom. The number of carbonyl (C=O) groups excluding carboxylic acids is 1. The average Bonchev–Trinajstić information content (AvgIpc) is 3.16. The molecule has 0 spiro atoms. The fraction of sp³-hybridized carbons (Fsp3) is 0.381. The number of carbonyl (C=O) groups is 1. The quantitative estimate of drug-likeness (QED) is 0.676. The lowest BCUT2D eigenvalue weighted by Crippen LogP contribution is -2.44. The van der Waals surface area contributed by atoms with Crippen molar-refractivity contribution in [2.24, 2.45) is 0 Å². The lowest BCUT2D eigenvalue weighted by atomic mass is 10.0. The van der Waals surface area contributed by atoms with Crippen molar-refractivity contribution in [3.8, 4) is 11.3 Å². The molecular formula is C21H27Cl2N5O. The normalized spacial score (nSPS) is 14.1. The Morgan fingerprint density at radius 3 is 2.55 bits per heavy atom. The number of halogens is 2. The Bertz CT molecular complexity index is 954. The van der Waals surface area contributed by atoms with Gasteiger partial charge in [0.25, 0.3) is 5.91 Å². The third-order valence-corrected chi connectivity index (χ3v) is 5.39. The number of piperidine rings is 1. The van der Waals surface area contributed by atoms with Crippen molar-refractivity contribution < 1.29 is 4.79 Å². The summed E-state index contributed by atoms with van der Waals surface area (Å²) < 4.78 is 1.85. The van der Waals surface area contributed by atoms with Crippen molar-refractivity contribution in [2.75, 3.05) is 20.1 Å². The zero-order chi connectivity index (χ0) is 18.8. The molecule has 3 heterocycles. The maximum Gasteiger partial charge on any atom is 0.254 e. The summed E-state index contributed by atoms with van der Waals surface area (Å²) >= 11 is 0. The van der Waals surface area contributed by atoms with Crippen LogP contribution >= 0.6 is 24.8 Å². The van der Waals surface area contributed by atoms with E-state index in [-0.39, 0.29) is 36.8 Å². The number of amides is 1. The highest BCUT2D eigenvalue weighted by atomic mass is 35.5. The fourth-order valence-corrected chi connectivity index (χ4v) is 3.76. The first-order valence-electron chi connectivity index (χ1n) is 9.59. The van der Waals surface area contributed by atoms with E-state index >= 15 is 0 Å². The van der Waals surface area contributed by atoms with Crippen LogP contribution in [0.5, 0.6) is 0 Å². The van der Waals surface area contributed by atoms with E-state index in [2.05, 4.69) is 10.4 Å². The standard InChI is InChI=1S/C21H25N5O.2ClH/c1-3-26-20-18(14-23-26)17(13-19(24-20)15-7-5-4-6-8-15)21(27)25(2)16-9-11-22-12-10-16;;/h4-8,13-14,16,22H,3,9-12H2,1-2H3;2*1H. The first kappa shape index (κ1) is 23.1. The molecule has 6 nitrogen and oxygen atoms in total. The summed E-state index contributed by atoms with van der Waals surface area (Å²) in [6.45, 7) is 4.66. The molecule has 1 aliphatic heterocycles. The fourth-order valence-electron chi connectivity index (χ4n) is 3.76. The van der Waals surface area contributed by atoms with E-state index in [0.717, 1.165) is 48.2 Å². The van der Waals surface area contributed by atoms with Crippen molar-refractivity contribution >= 4 is 41.8 Å². The second-order valence-electron chi connectivity index (χ2n) is 7.02. The van der Waals surface area contributed by atoms with E-state index in [4.69, 9.17) is 4.98 Å². The molecule has 1 aromatic carbocycles. The molecule has 0 unspecified atom stereocenters. The average molecular weight is 436 g/mol. The van der Waals surface area contributed by atoms with Crippen LogP contribution in [0.15, 0.2) is 42.6 Å². The summed E-state index contributed by atoms with van der Waals surface area (Å²) in [6, 6.07) is 12.2. The number of aryl methyl sites for hydroxylation is 1. The highest BCUT2D eigenvalue weighted by Gasteiger charge is 2.25. The van der Waals surface area contributed by atoms with E-state index < -0.39 is 0 Å². The molecule has 0 bridgehead atoms. The monoisotopic (exact) mass is 435 g/mol. The highest BCUT2D eigenvalue weighted by Crippen LogP contribution is 2.26. The van der Waals surface area contributed by atoms with Gasteiger partial charge in [-0.25, -0.2) is 9.67 Å². The van der Waals surface area contributed by atoms with E-state index in [0.29, 0.717) is 12.1 Å². The van der Waals surface area contributed by atoms with Crippen molar-refractivity contribution in [3.05, 3.63) is 48.2 Å². The lowest BCUT2D eigenvalue weighted by Gasteiger charge is -2.31. The summed E-state index contributed by atoms with van der Waals surface area (Å²) in [6.07, 6.45) is 3.73. The van der Waals surface area contributed by atoms with Gasteiger partial charge in [-0.1, -0.05) is 30.3 Å². The number of nitrogens with zero attached hydrogens (tertiary/aromatic N) is 4. The highest BCUT2D eigenvalue weighted by molar-refractivity contribution is 6.06. The van der Waals surface area contributed by atoms with Gasteiger partial charge in [0.1, 0.15) is 0 Å². The van der Waals surface area contributed by atoms with Crippen molar-refractivity contribution in [1.82, 2.24) is 25.0 Å². The maximum absolute atomic E-state index is 13.4. The number of pyridine rings is 1. The van der Waals surface area contributed by atoms with E-state index in [1.807, 2.05) is 60.0 Å². The van der Waals surface area contributed by atoms with Gasteiger partial charge in [0, 0.05) is 25.2 Å². The van der Waals surface area contributed by atoms with Crippen LogP contribution in [-0.4, -0.2) is 51.8 Å². The Kier molecular flexibility index (Phi) is 8.02. The molecule has 0 aliphatic carbocycles. The molecule has 2 aromatic heterocycles. The number of hydrogen-bond donors (Lipinski definition) is 1. The van der Waals surface area contributed by atoms with Crippen molar-refractivity contribution in [3.63, 3.8) is 0 Å². The number of fused-ring (bicyclic) bond motifs is 1. The predicted octanol–water partition coefficient (Wildman–Crippen LogP) is 3.79. The summed E-state index contributed by atoms with van der Waals surface area (Å²) in [5.74, 6) is 0.0436. The van der Waals surface area contributed by atoms with Crippen molar-refractivity contribution in [2.45, 2.75) is 32.4 Å². The van der Waals surface area contributed by atoms with Gasteiger partial charge >= 0.3 is 0 Å². The SMILES string of the molecule is CCn1ncc2c(C(=O)N(C)C3CCNCC3)cc(-c3ccccc3)nc21.Cl.Cl. The summed E-state index contributed by atoms with van der Waals surface area (Å²) in [7, 11) is 1.91. The molecule has 3 aromatic rings. The van der Waals surface area contributed by atoms with Crippen LogP contribution in [0, 0.1) is 0 Å². The second-order valence-corrected chi connectivity index (χ2v) is 7.02. The van der Waals surface area contributed by atoms with Gasteiger partial charge in [0.15, 0.2) is 5.65 Å². The Balaban J connectivity index is 0.00000150. The predicted molar refractivity (Wildman–Crippen MR) is 121 cm³/mol. The summed E-state index contributed by atoms with van der Waals surface area (Å²) in [5.41, 5.74) is 3.25. The molecule has 156 valence electrons. The first-order chi connectivity index (χ1) is 13.2. The van der Waals surface area contributed by atoms with E-state index in [1.54, 1.807) is 6.20 Å². The first-order valence-corrected chi connectivity index (χ1v) is 9.59. The maximum atomic E-state index is 13.4. The smallest absolute Gasteiger partial charge is 0.254 e. The molecule has 0 saturated carbocycles.